The first-order valence-corrected chi connectivity index (χ1v) is 10.6. The summed E-state index contributed by atoms with van der Waals surface area (Å²) in [6, 6.07) is 5.17. The lowest BCUT2D eigenvalue weighted by molar-refractivity contribution is -0.133. The number of nitrogens with one attached hydrogen (secondary N) is 1. The van der Waals surface area contributed by atoms with Crippen molar-refractivity contribution in [1.29, 1.82) is 0 Å². The van der Waals surface area contributed by atoms with Gasteiger partial charge in [-0.15, -0.1) is 0 Å². The van der Waals surface area contributed by atoms with E-state index in [-0.39, 0.29) is 11.8 Å². The number of ether oxygens (including phenoxy) is 1. The van der Waals surface area contributed by atoms with Crippen LogP contribution in [0.5, 0.6) is 5.75 Å². The van der Waals surface area contributed by atoms with Gasteiger partial charge in [0.15, 0.2) is 0 Å². The summed E-state index contributed by atoms with van der Waals surface area (Å²) in [5.41, 5.74) is 1.48. The van der Waals surface area contributed by atoms with Crippen LogP contribution in [0, 0.1) is 5.92 Å². The summed E-state index contributed by atoms with van der Waals surface area (Å²) in [4.78, 5) is 35.0. The van der Waals surface area contributed by atoms with Crippen molar-refractivity contribution in [2.45, 2.75) is 38.5 Å². The topological polar surface area (TPSA) is 84.4 Å². The highest BCUT2D eigenvalue weighted by molar-refractivity contribution is 6.32. The second kappa shape index (κ2) is 10.9. The Labute approximate surface area is 181 Å². The van der Waals surface area contributed by atoms with Gasteiger partial charge in [0.05, 0.1) is 17.8 Å². The predicted molar refractivity (Wildman–Crippen MR) is 116 cm³/mol. The maximum absolute atomic E-state index is 12.6. The number of aromatic nitrogens is 2. The van der Waals surface area contributed by atoms with Crippen molar-refractivity contribution in [2.24, 2.45) is 5.92 Å². The maximum Gasteiger partial charge on any atom is 0.224 e. The summed E-state index contributed by atoms with van der Waals surface area (Å²) >= 11 is 6.10. The highest BCUT2D eigenvalue weighted by atomic mass is 35.5. The van der Waals surface area contributed by atoms with Crippen molar-refractivity contribution >= 4 is 29.1 Å². The standard InChI is InChI=1S/C22H27ClN4O3/c1-30-20-7-5-17(13-19(20)23)26-21(28)8-4-16-3-2-12-27(15-16)22(29)9-6-18-14-24-10-11-25-18/h5,7,10-11,13-14,16H,2-4,6,8-9,12,15H2,1H3,(H,26,28)/t16-/m0/s1. The fourth-order valence-corrected chi connectivity index (χ4v) is 3.94. The smallest absolute Gasteiger partial charge is 0.224 e. The number of nitrogens with zero attached hydrogens (tertiary/aromatic N) is 3. The van der Waals surface area contributed by atoms with Gasteiger partial charge >= 0.3 is 0 Å². The number of carbonyl (C=O) groups excluding carboxylic acids is 2. The van der Waals surface area contributed by atoms with Crippen LogP contribution in [0.3, 0.4) is 0 Å². The third kappa shape index (κ3) is 6.42. The zero-order valence-electron chi connectivity index (χ0n) is 17.1. The summed E-state index contributed by atoms with van der Waals surface area (Å²) in [7, 11) is 1.55. The number of aryl methyl sites for hydroxylation is 1. The number of piperidine rings is 1. The summed E-state index contributed by atoms with van der Waals surface area (Å²) in [5, 5.41) is 3.33. The molecule has 1 N–H and O–H groups in total. The number of amides is 2. The van der Waals surface area contributed by atoms with Gasteiger partial charge in [0.25, 0.3) is 0 Å². The molecular formula is C22H27ClN4O3. The quantitative estimate of drug-likeness (QED) is 0.689. The molecule has 1 aromatic heterocycles. The van der Waals surface area contributed by atoms with Crippen LogP contribution in [-0.4, -0.2) is 46.9 Å². The minimum atomic E-state index is -0.0534. The van der Waals surface area contributed by atoms with E-state index in [4.69, 9.17) is 16.3 Å². The first-order valence-electron chi connectivity index (χ1n) is 10.2. The average Bonchev–Trinajstić information content (AvgIpc) is 2.77. The van der Waals surface area contributed by atoms with Crippen molar-refractivity contribution < 1.29 is 14.3 Å². The molecule has 1 atom stereocenters. The van der Waals surface area contributed by atoms with E-state index in [0.717, 1.165) is 31.5 Å². The van der Waals surface area contributed by atoms with Crippen LogP contribution in [0.2, 0.25) is 5.02 Å². The number of hydrogen-bond donors (Lipinski definition) is 1. The lowest BCUT2D eigenvalue weighted by atomic mass is 9.93. The summed E-state index contributed by atoms with van der Waals surface area (Å²) in [6.07, 6.45) is 9.17. The molecule has 0 spiro atoms. The summed E-state index contributed by atoms with van der Waals surface area (Å²) in [6.45, 7) is 1.49. The van der Waals surface area contributed by atoms with Gasteiger partial charge in [-0.25, -0.2) is 0 Å². The molecule has 2 aromatic rings. The second-order valence-electron chi connectivity index (χ2n) is 7.48. The van der Waals surface area contributed by atoms with Crippen molar-refractivity contribution in [1.82, 2.24) is 14.9 Å². The van der Waals surface area contributed by atoms with Crippen LogP contribution < -0.4 is 10.1 Å². The van der Waals surface area contributed by atoms with Crippen molar-refractivity contribution in [3.63, 3.8) is 0 Å². The first kappa shape index (κ1) is 22.0. The van der Waals surface area contributed by atoms with Gasteiger partial charge < -0.3 is 15.0 Å². The van der Waals surface area contributed by atoms with E-state index in [9.17, 15) is 9.59 Å². The second-order valence-corrected chi connectivity index (χ2v) is 7.89. The number of anilines is 1. The zero-order chi connectivity index (χ0) is 21.3. The third-order valence-corrected chi connectivity index (χ3v) is 5.59. The molecule has 0 radical (unpaired) electrons. The van der Waals surface area contributed by atoms with Gasteiger partial charge in [0, 0.05) is 50.2 Å². The van der Waals surface area contributed by atoms with E-state index >= 15 is 0 Å². The molecule has 1 aromatic carbocycles. The molecule has 2 heterocycles. The molecule has 0 unspecified atom stereocenters. The average molecular weight is 431 g/mol. The van der Waals surface area contributed by atoms with E-state index < -0.39 is 0 Å². The third-order valence-electron chi connectivity index (χ3n) is 5.30. The van der Waals surface area contributed by atoms with Crippen molar-refractivity contribution in [2.75, 3.05) is 25.5 Å². The lowest BCUT2D eigenvalue weighted by Crippen LogP contribution is -2.40. The molecule has 3 rings (SSSR count). The predicted octanol–water partition coefficient (Wildman–Crippen LogP) is 3.73. The van der Waals surface area contributed by atoms with E-state index in [1.807, 2.05) is 4.90 Å². The van der Waals surface area contributed by atoms with Crippen molar-refractivity contribution in [3.8, 4) is 5.75 Å². The Balaban J connectivity index is 1.42. The van der Waals surface area contributed by atoms with Crippen molar-refractivity contribution in [3.05, 3.63) is 47.5 Å². The molecular weight excluding hydrogens is 404 g/mol. The minimum Gasteiger partial charge on any atom is -0.495 e. The molecule has 1 aliphatic rings. The number of carbonyl (C=O) groups is 2. The summed E-state index contributed by atoms with van der Waals surface area (Å²) in [5.74, 6) is 0.996. The van der Waals surface area contributed by atoms with Gasteiger partial charge in [0.2, 0.25) is 11.8 Å². The van der Waals surface area contributed by atoms with Gasteiger partial charge in [-0.2, -0.15) is 0 Å². The van der Waals surface area contributed by atoms with Gasteiger partial charge in [-0.1, -0.05) is 11.6 Å². The van der Waals surface area contributed by atoms with Crippen LogP contribution >= 0.6 is 11.6 Å². The number of likely N-dealkylation sites (tertiary alicyclic amines) is 1. The first-order chi connectivity index (χ1) is 14.5. The molecule has 0 saturated carbocycles. The van der Waals surface area contributed by atoms with Crippen LogP contribution in [0.1, 0.15) is 37.8 Å². The Hall–Kier alpha value is -2.67. The highest BCUT2D eigenvalue weighted by Gasteiger charge is 2.24. The molecule has 2 amide bonds. The number of rotatable bonds is 8. The molecule has 1 fully saturated rings. The number of benzene rings is 1. The number of halogens is 1. The molecule has 160 valence electrons. The Morgan fingerprint density at radius 3 is 2.90 bits per heavy atom. The fraction of sp³-hybridized carbons (Fsp3) is 0.455. The Kier molecular flexibility index (Phi) is 8.02. The fourth-order valence-electron chi connectivity index (χ4n) is 3.68. The number of hydrogen-bond acceptors (Lipinski definition) is 5. The molecule has 30 heavy (non-hydrogen) atoms. The highest BCUT2D eigenvalue weighted by Crippen LogP contribution is 2.27. The summed E-state index contributed by atoms with van der Waals surface area (Å²) < 4.78 is 5.12. The van der Waals surface area contributed by atoms with Crippen LogP contribution in [0.4, 0.5) is 5.69 Å². The molecule has 1 aliphatic heterocycles. The van der Waals surface area contributed by atoms with E-state index in [2.05, 4.69) is 15.3 Å². The normalized spacial score (nSPS) is 16.2. The molecule has 8 heteroatoms. The van der Waals surface area contributed by atoms with Crippen LogP contribution in [0.25, 0.3) is 0 Å². The van der Waals surface area contributed by atoms with Gasteiger partial charge in [0.1, 0.15) is 5.75 Å². The minimum absolute atomic E-state index is 0.0534. The van der Waals surface area contributed by atoms with Gasteiger partial charge in [-0.3, -0.25) is 19.6 Å². The van der Waals surface area contributed by atoms with Gasteiger partial charge in [-0.05, 0) is 49.8 Å². The Bertz CT molecular complexity index is 863. The maximum atomic E-state index is 12.6. The van der Waals surface area contributed by atoms with E-state index in [0.29, 0.717) is 48.2 Å². The largest absolute Gasteiger partial charge is 0.495 e. The lowest BCUT2D eigenvalue weighted by Gasteiger charge is -2.33. The van der Waals surface area contributed by atoms with E-state index in [1.54, 1.807) is 43.9 Å². The molecule has 7 nitrogen and oxygen atoms in total. The SMILES string of the molecule is COc1ccc(NC(=O)CC[C@@H]2CCCN(C(=O)CCc3cnccn3)C2)cc1Cl. The molecule has 1 saturated heterocycles. The monoisotopic (exact) mass is 430 g/mol. The molecule has 0 aliphatic carbocycles. The van der Waals surface area contributed by atoms with Crippen LogP contribution in [0.15, 0.2) is 36.8 Å². The zero-order valence-corrected chi connectivity index (χ0v) is 17.9. The Morgan fingerprint density at radius 1 is 1.30 bits per heavy atom. The number of methoxy groups -OCH3 is 1. The van der Waals surface area contributed by atoms with Crippen LogP contribution in [-0.2, 0) is 16.0 Å². The Morgan fingerprint density at radius 2 is 2.17 bits per heavy atom. The molecule has 0 bridgehead atoms. The van der Waals surface area contributed by atoms with E-state index in [1.165, 1.54) is 0 Å².